The summed E-state index contributed by atoms with van der Waals surface area (Å²) in [5.74, 6) is 1.87. The molecular formula is C20H27IN4O. The van der Waals surface area contributed by atoms with Gasteiger partial charge in [-0.2, -0.15) is 0 Å². The molecule has 2 heterocycles. The summed E-state index contributed by atoms with van der Waals surface area (Å²) in [5.41, 5.74) is 2.07. The minimum absolute atomic E-state index is 0. The molecule has 0 aliphatic carbocycles. The molecule has 1 aliphatic rings. The maximum Gasteiger partial charge on any atom is 0.194 e. The van der Waals surface area contributed by atoms with Crippen molar-refractivity contribution in [3.05, 3.63) is 59.9 Å². The lowest BCUT2D eigenvalue weighted by atomic mass is 10.2. The van der Waals surface area contributed by atoms with Gasteiger partial charge in [-0.05, 0) is 49.6 Å². The van der Waals surface area contributed by atoms with Gasteiger partial charge in [-0.1, -0.05) is 18.2 Å². The molecule has 0 atom stereocenters. The molecule has 1 aliphatic heterocycles. The van der Waals surface area contributed by atoms with E-state index in [1.54, 1.807) is 6.20 Å². The van der Waals surface area contributed by atoms with E-state index in [1.165, 1.54) is 12.8 Å². The van der Waals surface area contributed by atoms with Gasteiger partial charge in [0.05, 0.1) is 12.2 Å². The van der Waals surface area contributed by atoms with E-state index in [2.05, 4.69) is 34.3 Å². The third-order valence-corrected chi connectivity index (χ3v) is 4.16. The summed E-state index contributed by atoms with van der Waals surface area (Å²) in [6, 6.07) is 14.0. The SMILES string of the molecule is CCNC(=NCc1cccc(OCc2ccccn2)c1)N1CCCC1.I. The highest BCUT2D eigenvalue weighted by molar-refractivity contribution is 14.0. The van der Waals surface area contributed by atoms with Crippen LogP contribution in [0, 0.1) is 0 Å². The van der Waals surface area contributed by atoms with Gasteiger partial charge < -0.3 is 15.0 Å². The van der Waals surface area contributed by atoms with Crippen LogP contribution in [0.2, 0.25) is 0 Å². The number of nitrogens with zero attached hydrogens (tertiary/aromatic N) is 3. The maximum atomic E-state index is 5.85. The molecule has 1 saturated heterocycles. The van der Waals surface area contributed by atoms with Crippen LogP contribution in [0.1, 0.15) is 31.0 Å². The molecule has 3 rings (SSSR count). The van der Waals surface area contributed by atoms with Gasteiger partial charge in [0.1, 0.15) is 12.4 Å². The zero-order chi connectivity index (χ0) is 17.3. The van der Waals surface area contributed by atoms with Gasteiger partial charge in [0, 0.05) is 25.8 Å². The Morgan fingerprint density at radius 2 is 2.04 bits per heavy atom. The quantitative estimate of drug-likeness (QED) is 0.400. The lowest BCUT2D eigenvalue weighted by molar-refractivity contribution is 0.301. The molecule has 2 aromatic rings. The third kappa shape index (κ3) is 6.16. The van der Waals surface area contributed by atoms with Crippen LogP contribution in [0.15, 0.2) is 53.7 Å². The smallest absolute Gasteiger partial charge is 0.194 e. The van der Waals surface area contributed by atoms with Crippen LogP contribution in [-0.2, 0) is 13.2 Å². The molecule has 6 heteroatoms. The Balaban J connectivity index is 0.00000243. The van der Waals surface area contributed by atoms with Gasteiger partial charge in [-0.25, -0.2) is 4.99 Å². The topological polar surface area (TPSA) is 49.8 Å². The van der Waals surface area contributed by atoms with Crippen LogP contribution in [-0.4, -0.2) is 35.5 Å². The maximum absolute atomic E-state index is 5.85. The number of rotatable bonds is 6. The molecule has 0 bridgehead atoms. The average molecular weight is 466 g/mol. The summed E-state index contributed by atoms with van der Waals surface area (Å²) in [7, 11) is 0. The summed E-state index contributed by atoms with van der Waals surface area (Å²) in [4.78, 5) is 11.4. The first kappa shape index (κ1) is 20.5. The van der Waals surface area contributed by atoms with Crippen LogP contribution in [0.25, 0.3) is 0 Å². The predicted octanol–water partition coefficient (Wildman–Crippen LogP) is 3.84. The summed E-state index contributed by atoms with van der Waals surface area (Å²) in [6.45, 7) is 6.32. The molecule has 0 saturated carbocycles. The van der Waals surface area contributed by atoms with E-state index in [-0.39, 0.29) is 24.0 Å². The first-order valence-electron chi connectivity index (χ1n) is 9.00. The van der Waals surface area contributed by atoms with Gasteiger partial charge >= 0.3 is 0 Å². The Hall–Kier alpha value is -1.83. The van der Waals surface area contributed by atoms with Crippen LogP contribution in [0.4, 0.5) is 0 Å². The predicted molar refractivity (Wildman–Crippen MR) is 116 cm³/mol. The van der Waals surface area contributed by atoms with Gasteiger partial charge in [0.2, 0.25) is 0 Å². The molecule has 5 nitrogen and oxygen atoms in total. The minimum Gasteiger partial charge on any atom is -0.487 e. The normalized spacial score (nSPS) is 14.0. The number of halogens is 1. The van der Waals surface area contributed by atoms with E-state index in [1.807, 2.05) is 30.3 Å². The number of ether oxygens (including phenoxy) is 1. The van der Waals surface area contributed by atoms with Crippen LogP contribution < -0.4 is 10.1 Å². The minimum atomic E-state index is 0. The summed E-state index contributed by atoms with van der Waals surface area (Å²) in [6.07, 6.45) is 4.28. The highest BCUT2D eigenvalue weighted by Gasteiger charge is 2.15. The number of aromatic nitrogens is 1. The number of nitrogens with one attached hydrogen (secondary N) is 1. The Morgan fingerprint density at radius 3 is 2.77 bits per heavy atom. The van der Waals surface area contributed by atoms with Crippen molar-refractivity contribution in [2.24, 2.45) is 4.99 Å². The van der Waals surface area contributed by atoms with Crippen LogP contribution in [0.5, 0.6) is 5.75 Å². The Labute approximate surface area is 172 Å². The number of aliphatic imine (C=N–C) groups is 1. The van der Waals surface area contributed by atoms with Gasteiger partial charge in [-0.15, -0.1) is 24.0 Å². The fourth-order valence-corrected chi connectivity index (χ4v) is 2.90. The fourth-order valence-electron chi connectivity index (χ4n) is 2.90. The van der Waals surface area contributed by atoms with Crippen molar-refractivity contribution >= 4 is 29.9 Å². The molecule has 0 amide bonds. The first-order chi connectivity index (χ1) is 12.3. The molecule has 1 aromatic carbocycles. The Morgan fingerprint density at radius 1 is 1.19 bits per heavy atom. The zero-order valence-electron chi connectivity index (χ0n) is 15.2. The molecule has 140 valence electrons. The zero-order valence-corrected chi connectivity index (χ0v) is 17.6. The molecule has 1 N–H and O–H groups in total. The number of hydrogen-bond acceptors (Lipinski definition) is 3. The Kier molecular flexibility index (Phi) is 8.67. The van der Waals surface area contributed by atoms with Crippen molar-refractivity contribution in [1.29, 1.82) is 0 Å². The van der Waals surface area contributed by atoms with Crippen molar-refractivity contribution in [3.8, 4) is 5.75 Å². The van der Waals surface area contributed by atoms with Gasteiger partial charge in [-0.3, -0.25) is 4.98 Å². The van der Waals surface area contributed by atoms with Gasteiger partial charge in [0.25, 0.3) is 0 Å². The van der Waals surface area contributed by atoms with Crippen molar-refractivity contribution in [3.63, 3.8) is 0 Å². The van der Waals surface area contributed by atoms with E-state index < -0.39 is 0 Å². The molecule has 1 fully saturated rings. The van der Waals surface area contributed by atoms with Crippen molar-refractivity contribution < 1.29 is 4.74 Å². The van der Waals surface area contributed by atoms with Crippen molar-refractivity contribution in [2.45, 2.75) is 32.9 Å². The van der Waals surface area contributed by atoms with Crippen LogP contribution in [0.3, 0.4) is 0 Å². The van der Waals surface area contributed by atoms with Gasteiger partial charge in [0.15, 0.2) is 5.96 Å². The second-order valence-corrected chi connectivity index (χ2v) is 6.12. The molecular weight excluding hydrogens is 439 g/mol. The third-order valence-electron chi connectivity index (χ3n) is 4.16. The van der Waals surface area contributed by atoms with Crippen molar-refractivity contribution in [1.82, 2.24) is 15.2 Å². The van der Waals surface area contributed by atoms with E-state index in [4.69, 9.17) is 9.73 Å². The number of pyridine rings is 1. The molecule has 0 radical (unpaired) electrons. The molecule has 0 unspecified atom stereocenters. The fraction of sp³-hybridized carbons (Fsp3) is 0.400. The largest absolute Gasteiger partial charge is 0.487 e. The van der Waals surface area contributed by atoms with Crippen molar-refractivity contribution in [2.75, 3.05) is 19.6 Å². The number of benzene rings is 1. The monoisotopic (exact) mass is 466 g/mol. The second-order valence-electron chi connectivity index (χ2n) is 6.12. The summed E-state index contributed by atoms with van der Waals surface area (Å²) < 4.78 is 5.85. The summed E-state index contributed by atoms with van der Waals surface area (Å²) in [5, 5.41) is 3.39. The lowest BCUT2D eigenvalue weighted by Gasteiger charge is -2.20. The van der Waals surface area contributed by atoms with E-state index in [0.29, 0.717) is 13.2 Å². The highest BCUT2D eigenvalue weighted by atomic mass is 127. The molecule has 26 heavy (non-hydrogen) atoms. The highest BCUT2D eigenvalue weighted by Crippen LogP contribution is 2.16. The van der Waals surface area contributed by atoms with E-state index in [0.717, 1.165) is 42.6 Å². The summed E-state index contributed by atoms with van der Waals surface area (Å²) >= 11 is 0. The second kappa shape index (κ2) is 11.0. The number of hydrogen-bond donors (Lipinski definition) is 1. The molecule has 1 aromatic heterocycles. The molecule has 0 spiro atoms. The Bertz CT molecular complexity index is 687. The number of guanidine groups is 1. The van der Waals surface area contributed by atoms with E-state index in [9.17, 15) is 0 Å². The number of likely N-dealkylation sites (tertiary alicyclic amines) is 1. The first-order valence-corrected chi connectivity index (χ1v) is 9.00. The standard InChI is InChI=1S/C20H26N4O.HI/c1-2-21-20(24-12-5-6-13-24)23-15-17-8-7-10-19(14-17)25-16-18-9-3-4-11-22-18;/h3-4,7-11,14H,2,5-6,12-13,15-16H2,1H3,(H,21,23);1H. The van der Waals surface area contributed by atoms with Crippen LogP contribution >= 0.6 is 24.0 Å². The lowest BCUT2D eigenvalue weighted by Crippen LogP contribution is -2.39. The average Bonchev–Trinajstić information content (AvgIpc) is 3.19. The van der Waals surface area contributed by atoms with E-state index >= 15 is 0 Å².